The molecule has 0 aliphatic heterocycles. The number of hydrogen-bond donors (Lipinski definition) is 4. The molecule has 4 N–H and O–H groups in total. The van der Waals surface area contributed by atoms with Crippen LogP contribution in [0.1, 0.15) is 44.4 Å². The molecule has 0 aliphatic carbocycles. The highest BCUT2D eigenvalue weighted by molar-refractivity contribution is 5.90. The van der Waals surface area contributed by atoms with Gasteiger partial charge in [0.2, 0.25) is 5.91 Å². The minimum Gasteiger partial charge on any atom is -0.491 e. The molecule has 0 bridgehead atoms. The fourth-order valence-corrected chi connectivity index (χ4v) is 2.73. The molecular formula is C23H33N5O3. The summed E-state index contributed by atoms with van der Waals surface area (Å²) in [5, 5.41) is 19.5. The summed E-state index contributed by atoms with van der Waals surface area (Å²) in [4.78, 5) is 20.7. The first kappa shape index (κ1) is 24.1. The second kappa shape index (κ2) is 12.5. The maximum Gasteiger partial charge on any atom is 0.227 e. The first-order valence-corrected chi connectivity index (χ1v) is 10.6. The molecule has 31 heavy (non-hydrogen) atoms. The maximum atomic E-state index is 12.1. The Kier molecular flexibility index (Phi) is 9.77. The number of aliphatic imine (C=N–C) groups is 1. The number of rotatable bonds is 10. The standard InChI is InChI=1S/C23H33N5O3/c1-5-24-23(25-12-11-22(30)28-21-10-9-17(4)14-26-21)27-15-20(29)18-7-6-8-19(13-18)31-16(2)3/h6-10,13-14,16,20,29H,5,11-12,15H2,1-4H3,(H2,24,25,27)(H,26,28,30). The molecule has 1 aromatic carbocycles. The van der Waals surface area contributed by atoms with Gasteiger partial charge in [0.05, 0.1) is 18.8 Å². The van der Waals surface area contributed by atoms with E-state index in [-0.39, 0.29) is 25.0 Å². The number of aliphatic hydroxyl groups is 1. The van der Waals surface area contributed by atoms with Gasteiger partial charge in [0.25, 0.3) is 0 Å². The van der Waals surface area contributed by atoms with Crippen molar-refractivity contribution in [1.82, 2.24) is 15.6 Å². The quantitative estimate of drug-likeness (QED) is 0.343. The van der Waals surface area contributed by atoms with Gasteiger partial charge < -0.3 is 25.8 Å². The fourth-order valence-electron chi connectivity index (χ4n) is 2.73. The third kappa shape index (κ3) is 9.04. The lowest BCUT2D eigenvalue weighted by atomic mass is 10.1. The molecule has 2 aromatic rings. The van der Waals surface area contributed by atoms with E-state index in [9.17, 15) is 9.90 Å². The van der Waals surface area contributed by atoms with Gasteiger partial charge >= 0.3 is 0 Å². The monoisotopic (exact) mass is 427 g/mol. The van der Waals surface area contributed by atoms with Crippen molar-refractivity contribution in [2.24, 2.45) is 4.99 Å². The molecule has 0 aliphatic rings. The molecule has 0 saturated carbocycles. The van der Waals surface area contributed by atoms with Gasteiger partial charge in [-0.3, -0.25) is 9.79 Å². The van der Waals surface area contributed by atoms with Gasteiger partial charge in [-0.2, -0.15) is 0 Å². The van der Waals surface area contributed by atoms with Gasteiger partial charge in [-0.25, -0.2) is 4.98 Å². The Bertz CT molecular complexity index is 853. The third-order valence-corrected chi connectivity index (χ3v) is 4.20. The molecule has 8 nitrogen and oxygen atoms in total. The van der Waals surface area contributed by atoms with Crippen molar-refractivity contribution >= 4 is 17.7 Å². The highest BCUT2D eigenvalue weighted by Crippen LogP contribution is 2.20. The van der Waals surface area contributed by atoms with E-state index in [0.717, 1.165) is 16.9 Å². The van der Waals surface area contributed by atoms with E-state index < -0.39 is 6.10 Å². The van der Waals surface area contributed by atoms with Crippen LogP contribution < -0.4 is 20.7 Å². The number of nitrogens with zero attached hydrogens (tertiary/aromatic N) is 2. The smallest absolute Gasteiger partial charge is 0.227 e. The summed E-state index contributed by atoms with van der Waals surface area (Å²) >= 11 is 0. The van der Waals surface area contributed by atoms with Crippen molar-refractivity contribution in [2.75, 3.05) is 25.0 Å². The maximum absolute atomic E-state index is 12.1. The van der Waals surface area contributed by atoms with E-state index in [4.69, 9.17) is 4.74 Å². The van der Waals surface area contributed by atoms with Gasteiger partial charge in [0.1, 0.15) is 11.6 Å². The SMILES string of the molecule is CCNC(=NCC(O)c1cccc(OC(C)C)c1)NCCC(=O)Nc1ccc(C)cn1. The Labute approximate surface area is 184 Å². The molecule has 0 spiro atoms. The summed E-state index contributed by atoms with van der Waals surface area (Å²) in [6.45, 7) is 9.06. The summed E-state index contributed by atoms with van der Waals surface area (Å²) in [7, 11) is 0. The topological polar surface area (TPSA) is 108 Å². The van der Waals surface area contributed by atoms with Crippen molar-refractivity contribution in [3.05, 3.63) is 53.7 Å². The van der Waals surface area contributed by atoms with E-state index in [1.165, 1.54) is 0 Å². The van der Waals surface area contributed by atoms with Crippen molar-refractivity contribution < 1.29 is 14.6 Å². The minimum atomic E-state index is -0.762. The second-order valence-corrected chi connectivity index (χ2v) is 7.42. The van der Waals surface area contributed by atoms with Crippen LogP contribution in [0.25, 0.3) is 0 Å². The number of aromatic nitrogens is 1. The molecule has 168 valence electrons. The number of aliphatic hydroxyl groups excluding tert-OH is 1. The molecule has 1 heterocycles. The predicted molar refractivity (Wildman–Crippen MR) is 123 cm³/mol. The van der Waals surface area contributed by atoms with Gasteiger partial charge in [0, 0.05) is 25.7 Å². The van der Waals surface area contributed by atoms with E-state index in [2.05, 4.69) is 25.9 Å². The normalized spacial score (nSPS) is 12.4. The van der Waals surface area contributed by atoms with E-state index in [0.29, 0.717) is 24.9 Å². The number of benzene rings is 1. The van der Waals surface area contributed by atoms with Crippen molar-refractivity contribution in [2.45, 2.75) is 46.3 Å². The Morgan fingerprint density at radius 1 is 1.23 bits per heavy atom. The molecule has 0 fully saturated rings. The summed E-state index contributed by atoms with van der Waals surface area (Å²) < 4.78 is 5.68. The van der Waals surface area contributed by atoms with Crippen LogP contribution in [-0.4, -0.2) is 47.7 Å². The van der Waals surface area contributed by atoms with Gasteiger partial charge in [0.15, 0.2) is 5.96 Å². The second-order valence-electron chi connectivity index (χ2n) is 7.42. The zero-order valence-electron chi connectivity index (χ0n) is 18.7. The average molecular weight is 428 g/mol. The van der Waals surface area contributed by atoms with Crippen LogP contribution in [0.4, 0.5) is 5.82 Å². The van der Waals surface area contributed by atoms with Crippen molar-refractivity contribution in [3.63, 3.8) is 0 Å². The highest BCUT2D eigenvalue weighted by atomic mass is 16.5. The van der Waals surface area contributed by atoms with Gasteiger partial charge in [-0.05, 0) is 57.0 Å². The van der Waals surface area contributed by atoms with Crippen LogP contribution in [0.15, 0.2) is 47.6 Å². The number of anilines is 1. The lowest BCUT2D eigenvalue weighted by Crippen LogP contribution is -2.39. The largest absolute Gasteiger partial charge is 0.491 e. The first-order chi connectivity index (χ1) is 14.9. The number of carbonyl (C=O) groups excluding carboxylic acids is 1. The lowest BCUT2D eigenvalue weighted by molar-refractivity contribution is -0.116. The summed E-state index contributed by atoms with van der Waals surface area (Å²) in [6, 6.07) is 11.1. The number of hydrogen-bond acceptors (Lipinski definition) is 5. The Morgan fingerprint density at radius 3 is 2.71 bits per heavy atom. The number of ether oxygens (including phenoxy) is 1. The van der Waals surface area contributed by atoms with Crippen LogP contribution in [0.3, 0.4) is 0 Å². The minimum absolute atomic E-state index is 0.0639. The first-order valence-electron chi connectivity index (χ1n) is 10.6. The lowest BCUT2D eigenvalue weighted by Gasteiger charge is -2.15. The predicted octanol–water partition coefficient (Wildman–Crippen LogP) is 2.79. The van der Waals surface area contributed by atoms with Crippen LogP contribution >= 0.6 is 0 Å². The third-order valence-electron chi connectivity index (χ3n) is 4.20. The number of aryl methyl sites for hydroxylation is 1. The molecule has 8 heteroatoms. The molecule has 1 unspecified atom stereocenters. The highest BCUT2D eigenvalue weighted by Gasteiger charge is 2.10. The molecular weight excluding hydrogens is 394 g/mol. The van der Waals surface area contributed by atoms with E-state index >= 15 is 0 Å². The number of nitrogens with one attached hydrogen (secondary N) is 3. The zero-order chi connectivity index (χ0) is 22.6. The van der Waals surface area contributed by atoms with Crippen molar-refractivity contribution in [3.8, 4) is 5.75 Å². The van der Waals surface area contributed by atoms with Gasteiger partial charge in [-0.15, -0.1) is 0 Å². The fraction of sp³-hybridized carbons (Fsp3) is 0.435. The number of carbonyl (C=O) groups is 1. The molecule has 2 rings (SSSR count). The van der Waals surface area contributed by atoms with Crippen molar-refractivity contribution in [1.29, 1.82) is 0 Å². The van der Waals surface area contributed by atoms with Gasteiger partial charge in [-0.1, -0.05) is 18.2 Å². The van der Waals surface area contributed by atoms with E-state index in [1.807, 2.05) is 58.0 Å². The average Bonchev–Trinajstić information content (AvgIpc) is 2.73. The summed E-state index contributed by atoms with van der Waals surface area (Å²) in [5.41, 5.74) is 1.77. The molecule has 1 aromatic heterocycles. The Hall–Kier alpha value is -3.13. The number of amides is 1. The Morgan fingerprint density at radius 2 is 2.03 bits per heavy atom. The zero-order valence-corrected chi connectivity index (χ0v) is 18.7. The van der Waals surface area contributed by atoms with Crippen LogP contribution in [0.5, 0.6) is 5.75 Å². The molecule has 1 amide bonds. The molecule has 0 radical (unpaired) electrons. The summed E-state index contributed by atoms with van der Waals surface area (Å²) in [6.07, 6.45) is 1.27. The number of guanidine groups is 1. The summed E-state index contributed by atoms with van der Waals surface area (Å²) in [5.74, 6) is 1.65. The number of pyridine rings is 1. The molecule has 0 saturated heterocycles. The Balaban J connectivity index is 1.85. The van der Waals surface area contributed by atoms with E-state index in [1.54, 1.807) is 12.3 Å². The van der Waals surface area contributed by atoms with Crippen LogP contribution in [0, 0.1) is 6.92 Å². The molecule has 1 atom stereocenters. The van der Waals surface area contributed by atoms with Crippen LogP contribution in [0.2, 0.25) is 0 Å². The van der Waals surface area contributed by atoms with Crippen LogP contribution in [-0.2, 0) is 4.79 Å².